The zero-order chi connectivity index (χ0) is 9.78. The molecule has 0 heterocycles. The monoisotopic (exact) mass is 205 g/mol. The van der Waals surface area contributed by atoms with E-state index >= 15 is 0 Å². The van der Waals surface area contributed by atoms with Crippen LogP contribution >= 0.6 is 8.58 Å². The lowest BCUT2D eigenvalue weighted by molar-refractivity contribution is 0.132. The molecule has 0 aliphatic heterocycles. The molecule has 0 fully saturated rings. The third kappa shape index (κ3) is 12.4. The van der Waals surface area contributed by atoms with Gasteiger partial charge in [-0.3, -0.25) is 0 Å². The van der Waals surface area contributed by atoms with E-state index < -0.39 is 0 Å². The number of hydrogen-bond acceptors (Lipinski definition) is 2. The third-order valence-electron chi connectivity index (χ3n) is 1.84. The molecule has 0 radical (unpaired) electrons. The summed E-state index contributed by atoms with van der Waals surface area (Å²) < 4.78 is 5.46. The van der Waals surface area contributed by atoms with Crippen molar-refractivity contribution in [2.24, 2.45) is 5.73 Å². The maximum absolute atomic E-state index is 5.46. The molecule has 0 aromatic carbocycles. The fraction of sp³-hybridized carbons (Fsp3) is 1.00. The first-order valence-electron chi connectivity index (χ1n) is 5.40. The van der Waals surface area contributed by atoms with Crippen LogP contribution in [0.25, 0.3) is 0 Å². The summed E-state index contributed by atoms with van der Waals surface area (Å²) in [4.78, 5) is 0. The van der Waals surface area contributed by atoms with Crippen LogP contribution in [0.5, 0.6) is 0 Å². The molecular weight excluding hydrogens is 181 g/mol. The van der Waals surface area contributed by atoms with Gasteiger partial charge in [-0.1, -0.05) is 13.3 Å². The van der Waals surface area contributed by atoms with Crippen LogP contribution in [-0.2, 0) is 4.74 Å². The van der Waals surface area contributed by atoms with Crippen LogP contribution in [-0.4, -0.2) is 32.1 Å². The van der Waals surface area contributed by atoms with Gasteiger partial charge in [0, 0.05) is 13.2 Å². The van der Waals surface area contributed by atoms with Crippen LogP contribution in [0.1, 0.15) is 32.6 Å². The van der Waals surface area contributed by atoms with Gasteiger partial charge in [0.2, 0.25) is 0 Å². The number of ether oxygens (including phenoxy) is 1. The van der Waals surface area contributed by atoms with E-state index in [2.05, 4.69) is 6.92 Å². The lowest BCUT2D eigenvalue weighted by Crippen LogP contribution is -2.00. The van der Waals surface area contributed by atoms with Gasteiger partial charge in [0.05, 0.1) is 0 Å². The normalized spacial score (nSPS) is 11.5. The SMILES string of the molecule is CCCCOCCCPCCCN. The number of unbranched alkanes of at least 4 members (excludes halogenated alkanes) is 1. The molecule has 0 aromatic rings. The molecule has 0 saturated heterocycles. The Bertz CT molecular complexity index is 81.0. The lowest BCUT2D eigenvalue weighted by Gasteiger charge is -2.03. The predicted molar refractivity (Wildman–Crippen MR) is 62.1 cm³/mol. The predicted octanol–water partition coefficient (Wildman–Crippen LogP) is 2.22. The van der Waals surface area contributed by atoms with Crippen molar-refractivity contribution >= 4 is 8.58 Å². The molecule has 0 aliphatic carbocycles. The Labute approximate surface area is 84.4 Å². The standard InChI is InChI=1S/C10H24NOP/c1-2-3-7-12-8-5-10-13-9-4-6-11/h13H,2-11H2,1H3. The summed E-state index contributed by atoms with van der Waals surface area (Å²) in [5.74, 6) is 0. The molecule has 0 amide bonds. The van der Waals surface area contributed by atoms with E-state index in [4.69, 9.17) is 10.5 Å². The highest BCUT2D eigenvalue weighted by atomic mass is 31.1. The first-order chi connectivity index (χ1) is 6.41. The maximum atomic E-state index is 5.46. The van der Waals surface area contributed by atoms with Crippen LogP contribution in [0.15, 0.2) is 0 Å². The largest absolute Gasteiger partial charge is 0.381 e. The quantitative estimate of drug-likeness (QED) is 0.438. The number of nitrogens with two attached hydrogens (primary N) is 1. The Morgan fingerprint density at radius 2 is 1.77 bits per heavy atom. The van der Waals surface area contributed by atoms with Gasteiger partial charge in [0.15, 0.2) is 0 Å². The summed E-state index contributed by atoms with van der Waals surface area (Å²) in [5, 5.41) is 0. The van der Waals surface area contributed by atoms with Crippen molar-refractivity contribution in [2.75, 3.05) is 32.1 Å². The van der Waals surface area contributed by atoms with E-state index in [0.717, 1.165) is 28.3 Å². The van der Waals surface area contributed by atoms with E-state index in [9.17, 15) is 0 Å². The van der Waals surface area contributed by atoms with Crippen molar-refractivity contribution < 1.29 is 4.74 Å². The summed E-state index contributed by atoms with van der Waals surface area (Å²) in [6.45, 7) is 4.94. The Morgan fingerprint density at radius 1 is 1.08 bits per heavy atom. The van der Waals surface area contributed by atoms with Gasteiger partial charge in [0.1, 0.15) is 0 Å². The van der Waals surface area contributed by atoms with Crippen LogP contribution in [0.3, 0.4) is 0 Å². The zero-order valence-corrected chi connectivity index (χ0v) is 9.85. The first kappa shape index (κ1) is 13.4. The molecule has 1 unspecified atom stereocenters. The molecule has 1 atom stereocenters. The van der Waals surface area contributed by atoms with E-state index in [1.54, 1.807) is 0 Å². The molecule has 0 spiro atoms. The van der Waals surface area contributed by atoms with Crippen LogP contribution < -0.4 is 5.73 Å². The fourth-order valence-electron chi connectivity index (χ4n) is 1.000. The molecule has 13 heavy (non-hydrogen) atoms. The molecule has 2 nitrogen and oxygen atoms in total. The number of hydrogen-bond donors (Lipinski definition) is 1. The molecule has 0 aromatic heterocycles. The highest BCUT2D eigenvalue weighted by molar-refractivity contribution is 7.37. The molecule has 0 aliphatic rings. The molecule has 3 heteroatoms. The summed E-state index contributed by atoms with van der Waals surface area (Å²) in [6, 6.07) is 0. The topological polar surface area (TPSA) is 35.2 Å². The Balaban J connectivity index is 2.76. The first-order valence-corrected chi connectivity index (χ1v) is 6.81. The molecule has 0 saturated carbocycles. The third-order valence-corrected chi connectivity index (χ3v) is 3.26. The van der Waals surface area contributed by atoms with Gasteiger partial charge in [-0.2, -0.15) is 0 Å². The molecule has 0 bridgehead atoms. The van der Waals surface area contributed by atoms with Gasteiger partial charge >= 0.3 is 0 Å². The van der Waals surface area contributed by atoms with Crippen molar-refractivity contribution in [3.63, 3.8) is 0 Å². The molecule has 0 rings (SSSR count). The van der Waals surface area contributed by atoms with E-state index in [1.807, 2.05) is 0 Å². The van der Waals surface area contributed by atoms with Crippen molar-refractivity contribution in [2.45, 2.75) is 32.6 Å². The van der Waals surface area contributed by atoms with Crippen LogP contribution in [0.4, 0.5) is 0 Å². The van der Waals surface area contributed by atoms with Crippen molar-refractivity contribution in [3.05, 3.63) is 0 Å². The van der Waals surface area contributed by atoms with Crippen LogP contribution in [0.2, 0.25) is 0 Å². The molecule has 2 N–H and O–H groups in total. The second-order valence-corrected chi connectivity index (χ2v) is 4.71. The second kappa shape index (κ2) is 12.3. The van der Waals surface area contributed by atoms with Gasteiger partial charge in [-0.15, -0.1) is 8.58 Å². The summed E-state index contributed by atoms with van der Waals surface area (Å²) >= 11 is 0. The second-order valence-electron chi connectivity index (χ2n) is 3.21. The molecule has 80 valence electrons. The van der Waals surface area contributed by atoms with Gasteiger partial charge in [-0.05, 0) is 38.1 Å². The minimum atomic E-state index is 0.847. The Morgan fingerprint density at radius 3 is 2.46 bits per heavy atom. The zero-order valence-electron chi connectivity index (χ0n) is 8.85. The number of rotatable bonds is 10. The minimum absolute atomic E-state index is 0.847. The summed E-state index contributed by atoms with van der Waals surface area (Å²) in [6.07, 6.45) is 7.49. The van der Waals surface area contributed by atoms with Crippen LogP contribution in [0, 0.1) is 0 Å². The van der Waals surface area contributed by atoms with E-state index in [1.165, 1.54) is 38.0 Å². The van der Waals surface area contributed by atoms with Gasteiger partial charge in [-0.25, -0.2) is 0 Å². The van der Waals surface area contributed by atoms with Crippen molar-refractivity contribution in [1.82, 2.24) is 0 Å². The Hall–Kier alpha value is 0.350. The Kier molecular flexibility index (Phi) is 12.7. The van der Waals surface area contributed by atoms with E-state index in [0.29, 0.717) is 0 Å². The summed E-state index contributed by atoms with van der Waals surface area (Å²) in [5.41, 5.74) is 5.40. The van der Waals surface area contributed by atoms with E-state index in [-0.39, 0.29) is 0 Å². The lowest BCUT2D eigenvalue weighted by atomic mass is 10.4. The van der Waals surface area contributed by atoms with Crippen molar-refractivity contribution in [3.8, 4) is 0 Å². The van der Waals surface area contributed by atoms with Gasteiger partial charge in [0.25, 0.3) is 0 Å². The minimum Gasteiger partial charge on any atom is -0.381 e. The summed E-state index contributed by atoms with van der Waals surface area (Å²) in [7, 11) is 1.09. The van der Waals surface area contributed by atoms with Gasteiger partial charge < -0.3 is 10.5 Å². The fourth-order valence-corrected chi connectivity index (χ4v) is 2.10. The average Bonchev–Trinajstić information content (AvgIpc) is 2.16. The smallest absolute Gasteiger partial charge is 0.0469 e. The maximum Gasteiger partial charge on any atom is 0.0469 e. The molecular formula is C10H24NOP. The average molecular weight is 205 g/mol. The van der Waals surface area contributed by atoms with Crippen molar-refractivity contribution in [1.29, 1.82) is 0 Å². The highest BCUT2D eigenvalue weighted by Crippen LogP contribution is 2.11. The highest BCUT2D eigenvalue weighted by Gasteiger charge is 1.90.